The first-order valence-corrected chi connectivity index (χ1v) is 15.4. The lowest BCUT2D eigenvalue weighted by Crippen LogP contribution is -2.32. The van der Waals surface area contributed by atoms with Gasteiger partial charge in [0.15, 0.2) is 0 Å². The molecule has 0 saturated heterocycles. The molecule has 3 nitrogen and oxygen atoms in total. The van der Waals surface area contributed by atoms with Crippen LogP contribution in [0.3, 0.4) is 0 Å². The van der Waals surface area contributed by atoms with Crippen LogP contribution in [0.15, 0.2) is 102 Å². The Kier molecular flexibility index (Phi) is 9.09. The molecule has 0 fully saturated rings. The van der Waals surface area contributed by atoms with Gasteiger partial charge in [0.1, 0.15) is 0 Å². The van der Waals surface area contributed by atoms with Crippen molar-refractivity contribution in [3.8, 4) is 11.1 Å². The average molecular weight is 540 g/mol. The first-order valence-electron chi connectivity index (χ1n) is 14.0. The van der Waals surface area contributed by atoms with Gasteiger partial charge in [0.25, 0.3) is 0 Å². The number of nitrogens with one attached hydrogen (secondary N) is 1. The molecule has 204 valence electrons. The van der Waals surface area contributed by atoms with Crippen LogP contribution in [0.2, 0.25) is 0 Å². The molecule has 4 aromatic rings. The summed E-state index contributed by atoms with van der Waals surface area (Å²) >= 11 is 0. The lowest BCUT2D eigenvalue weighted by Gasteiger charge is -2.26. The van der Waals surface area contributed by atoms with Gasteiger partial charge < -0.3 is 0 Å². The zero-order valence-corrected chi connectivity index (χ0v) is 24.8. The Hall–Kier alpha value is -3.21. The average Bonchev–Trinajstić information content (AvgIpc) is 2.93. The third-order valence-electron chi connectivity index (χ3n) is 7.35. The van der Waals surface area contributed by atoms with Crippen LogP contribution in [0.4, 0.5) is 0 Å². The lowest BCUT2D eigenvalue weighted by molar-refractivity contribution is 0.550. The van der Waals surface area contributed by atoms with Crippen LogP contribution in [-0.4, -0.2) is 8.42 Å². The summed E-state index contributed by atoms with van der Waals surface area (Å²) in [6, 6.07) is 32.3. The molecule has 0 radical (unpaired) electrons. The van der Waals surface area contributed by atoms with Gasteiger partial charge in [0.2, 0.25) is 10.0 Å². The Morgan fingerprint density at radius 2 is 1.08 bits per heavy atom. The minimum Gasteiger partial charge on any atom is -0.207 e. The number of hydrogen-bond acceptors (Lipinski definition) is 2. The van der Waals surface area contributed by atoms with Gasteiger partial charge in [-0.25, -0.2) is 13.1 Å². The monoisotopic (exact) mass is 539 g/mol. The zero-order chi connectivity index (χ0) is 28.2. The van der Waals surface area contributed by atoms with E-state index in [4.69, 9.17) is 0 Å². The van der Waals surface area contributed by atoms with Crippen molar-refractivity contribution in [3.63, 3.8) is 0 Å². The van der Waals surface area contributed by atoms with Crippen molar-refractivity contribution in [2.24, 2.45) is 0 Å². The smallest absolute Gasteiger partial charge is 0.207 e. The topological polar surface area (TPSA) is 46.2 Å². The molecule has 0 spiro atoms. The summed E-state index contributed by atoms with van der Waals surface area (Å²) in [5, 5.41) is 0. The Labute approximate surface area is 235 Å². The van der Waals surface area contributed by atoms with Crippen molar-refractivity contribution >= 4 is 10.0 Å². The Balaban J connectivity index is 1.79. The van der Waals surface area contributed by atoms with E-state index in [1.54, 1.807) is 0 Å². The number of sulfonamides is 1. The molecular weight excluding hydrogens is 498 g/mol. The molecule has 0 amide bonds. The van der Waals surface area contributed by atoms with E-state index in [0.29, 0.717) is 17.2 Å². The summed E-state index contributed by atoms with van der Waals surface area (Å²) in [4.78, 5) is 0.441. The first kappa shape index (κ1) is 28.8. The van der Waals surface area contributed by atoms with E-state index in [2.05, 4.69) is 94.8 Å². The van der Waals surface area contributed by atoms with Crippen molar-refractivity contribution in [2.45, 2.75) is 76.7 Å². The Morgan fingerprint density at radius 3 is 1.56 bits per heavy atom. The van der Waals surface area contributed by atoms with Gasteiger partial charge in [-0.2, -0.15) is 0 Å². The SMILES string of the molecule is CC(C)c1cc(C(C)C)c(S(=O)(=O)N[C@@H](Cc2ccccc2)c2ccc(-c3ccccc3)cc2)c(C(C)C)c1. The number of benzene rings is 4. The van der Waals surface area contributed by atoms with Gasteiger partial charge in [0.05, 0.1) is 10.9 Å². The van der Waals surface area contributed by atoms with E-state index in [0.717, 1.165) is 33.4 Å². The predicted molar refractivity (Wildman–Crippen MR) is 164 cm³/mol. The van der Waals surface area contributed by atoms with Crippen LogP contribution < -0.4 is 4.72 Å². The summed E-state index contributed by atoms with van der Waals surface area (Å²) in [7, 11) is -3.83. The molecule has 0 aromatic heterocycles. The third kappa shape index (κ3) is 6.87. The van der Waals surface area contributed by atoms with Gasteiger partial charge in [0, 0.05) is 0 Å². The van der Waals surface area contributed by atoms with Gasteiger partial charge >= 0.3 is 0 Å². The van der Waals surface area contributed by atoms with E-state index in [1.165, 1.54) is 5.56 Å². The van der Waals surface area contributed by atoms with Crippen molar-refractivity contribution in [1.29, 1.82) is 0 Å². The highest BCUT2D eigenvalue weighted by atomic mass is 32.2. The summed E-state index contributed by atoms with van der Waals surface area (Å²) in [6.07, 6.45) is 0.558. The van der Waals surface area contributed by atoms with Gasteiger partial charge in [-0.05, 0) is 63.1 Å². The van der Waals surface area contributed by atoms with E-state index in [1.807, 2.05) is 48.5 Å². The highest BCUT2D eigenvalue weighted by Gasteiger charge is 2.29. The van der Waals surface area contributed by atoms with Gasteiger partial charge in [-0.1, -0.05) is 139 Å². The summed E-state index contributed by atoms with van der Waals surface area (Å²) < 4.78 is 31.8. The predicted octanol–water partition coefficient (Wildman–Crippen LogP) is 8.99. The molecule has 0 saturated carbocycles. The fourth-order valence-corrected chi connectivity index (χ4v) is 6.98. The van der Waals surface area contributed by atoms with E-state index >= 15 is 0 Å². The number of hydrogen-bond donors (Lipinski definition) is 1. The molecule has 4 rings (SSSR count). The normalized spacial score (nSPS) is 12.8. The largest absolute Gasteiger partial charge is 0.241 e. The molecule has 4 aromatic carbocycles. The van der Waals surface area contributed by atoms with Gasteiger partial charge in [-0.15, -0.1) is 0 Å². The summed E-state index contributed by atoms with van der Waals surface area (Å²) in [5.74, 6) is 0.467. The second-order valence-electron chi connectivity index (χ2n) is 11.3. The van der Waals surface area contributed by atoms with Crippen molar-refractivity contribution in [2.75, 3.05) is 0 Å². The lowest BCUT2D eigenvalue weighted by atomic mass is 9.89. The van der Waals surface area contributed by atoms with Crippen LogP contribution in [0.1, 0.15) is 93.2 Å². The van der Waals surface area contributed by atoms with E-state index in [-0.39, 0.29) is 11.8 Å². The quantitative estimate of drug-likeness (QED) is 0.219. The molecule has 0 heterocycles. The van der Waals surface area contributed by atoms with E-state index < -0.39 is 16.1 Å². The number of rotatable bonds is 10. The van der Waals surface area contributed by atoms with Crippen LogP contribution >= 0.6 is 0 Å². The summed E-state index contributed by atoms with van der Waals surface area (Å²) in [5.41, 5.74) is 7.22. The highest BCUT2D eigenvalue weighted by molar-refractivity contribution is 7.89. The van der Waals surface area contributed by atoms with Crippen LogP contribution in [-0.2, 0) is 16.4 Å². The molecule has 0 aliphatic rings. The zero-order valence-electron chi connectivity index (χ0n) is 24.0. The van der Waals surface area contributed by atoms with E-state index in [9.17, 15) is 8.42 Å². The van der Waals surface area contributed by atoms with Crippen LogP contribution in [0, 0.1) is 0 Å². The third-order valence-corrected chi connectivity index (χ3v) is 8.95. The molecular formula is C35H41NO2S. The minimum absolute atomic E-state index is 0.0745. The second kappa shape index (κ2) is 12.3. The maximum Gasteiger partial charge on any atom is 0.241 e. The molecule has 1 N–H and O–H groups in total. The molecule has 0 aliphatic carbocycles. The Bertz CT molecular complexity index is 1440. The minimum atomic E-state index is -3.83. The van der Waals surface area contributed by atoms with Crippen LogP contribution in [0.25, 0.3) is 11.1 Å². The molecule has 1 atom stereocenters. The van der Waals surface area contributed by atoms with Crippen molar-refractivity contribution in [3.05, 3.63) is 125 Å². The standard InChI is InChI=1S/C35H41NO2S/c1-24(2)31-22-32(25(3)4)35(33(23-31)26(5)6)39(37,38)36-34(21-27-13-9-7-10-14-27)30-19-17-29(18-20-30)28-15-11-8-12-16-28/h7-20,22-26,34,36H,21H2,1-6H3/t34-/m0/s1. The molecule has 0 bridgehead atoms. The van der Waals surface area contributed by atoms with Crippen molar-refractivity contribution in [1.82, 2.24) is 4.72 Å². The van der Waals surface area contributed by atoms with Crippen LogP contribution in [0.5, 0.6) is 0 Å². The fraction of sp³-hybridized carbons (Fsp3) is 0.314. The molecule has 0 aliphatic heterocycles. The Morgan fingerprint density at radius 1 is 0.590 bits per heavy atom. The molecule has 0 unspecified atom stereocenters. The van der Waals surface area contributed by atoms with Crippen molar-refractivity contribution < 1.29 is 8.42 Å². The van der Waals surface area contributed by atoms with Gasteiger partial charge in [-0.3, -0.25) is 0 Å². The first-order chi connectivity index (χ1) is 18.6. The summed E-state index contributed by atoms with van der Waals surface area (Å²) in [6.45, 7) is 12.6. The highest BCUT2D eigenvalue weighted by Crippen LogP contribution is 2.36. The maximum absolute atomic E-state index is 14.3. The second-order valence-corrected chi connectivity index (χ2v) is 13.0. The fourth-order valence-electron chi connectivity index (χ4n) is 5.06. The molecule has 4 heteroatoms. The maximum atomic E-state index is 14.3. The molecule has 39 heavy (non-hydrogen) atoms.